The van der Waals surface area contributed by atoms with Gasteiger partial charge < -0.3 is 4.57 Å². The van der Waals surface area contributed by atoms with Gasteiger partial charge in [-0.1, -0.05) is 25.3 Å². The van der Waals surface area contributed by atoms with Crippen LogP contribution in [0.4, 0.5) is 0 Å². The number of imidazole rings is 1. The first kappa shape index (κ1) is 20.0. The van der Waals surface area contributed by atoms with Gasteiger partial charge in [0.25, 0.3) is 0 Å². The van der Waals surface area contributed by atoms with Gasteiger partial charge in [-0.2, -0.15) is 0 Å². The van der Waals surface area contributed by atoms with Gasteiger partial charge in [-0.15, -0.1) is 0 Å². The third-order valence-corrected chi connectivity index (χ3v) is 6.58. The van der Waals surface area contributed by atoms with E-state index in [1.807, 2.05) is 29.8 Å². The van der Waals surface area contributed by atoms with E-state index >= 15 is 0 Å². The highest BCUT2D eigenvalue weighted by Crippen LogP contribution is 2.27. The molecule has 1 saturated carbocycles. The molecule has 0 radical (unpaired) electrons. The minimum Gasteiger partial charge on any atom is -0.317 e. The summed E-state index contributed by atoms with van der Waals surface area (Å²) in [5.74, 6) is 0.533. The molecule has 1 atom stereocenters. The van der Waals surface area contributed by atoms with Gasteiger partial charge in [-0.3, -0.25) is 9.88 Å². The van der Waals surface area contributed by atoms with Crippen molar-refractivity contribution < 1.29 is 8.42 Å². The van der Waals surface area contributed by atoms with Crippen LogP contribution in [0.1, 0.15) is 56.5 Å². The molecule has 2 heterocycles. The zero-order valence-corrected chi connectivity index (χ0v) is 17.3. The Balaban J connectivity index is 1.82. The molecule has 1 fully saturated rings. The second-order valence-electron chi connectivity index (χ2n) is 7.76. The number of sulfone groups is 1. The molecule has 7 heteroatoms. The summed E-state index contributed by atoms with van der Waals surface area (Å²) >= 11 is 0. The van der Waals surface area contributed by atoms with E-state index in [2.05, 4.69) is 21.8 Å². The zero-order chi connectivity index (χ0) is 19.4. The van der Waals surface area contributed by atoms with Gasteiger partial charge in [-0.25, -0.2) is 13.4 Å². The third kappa shape index (κ3) is 4.96. The first-order valence-corrected chi connectivity index (χ1v) is 11.6. The second kappa shape index (κ2) is 8.52. The molecule has 1 aliphatic carbocycles. The molecule has 27 heavy (non-hydrogen) atoms. The smallest absolute Gasteiger partial charge is 0.227 e. The number of rotatable bonds is 7. The van der Waals surface area contributed by atoms with Crippen LogP contribution >= 0.6 is 0 Å². The Morgan fingerprint density at radius 1 is 1.22 bits per heavy atom. The maximum Gasteiger partial charge on any atom is 0.227 e. The topological polar surface area (TPSA) is 68.1 Å². The number of hydrogen-bond acceptors (Lipinski definition) is 5. The van der Waals surface area contributed by atoms with Gasteiger partial charge in [0, 0.05) is 31.6 Å². The van der Waals surface area contributed by atoms with E-state index in [9.17, 15) is 8.42 Å². The number of hydrogen-bond donors (Lipinski definition) is 0. The lowest BCUT2D eigenvalue weighted by Crippen LogP contribution is -2.26. The molecule has 0 aromatic carbocycles. The van der Waals surface area contributed by atoms with Crippen molar-refractivity contribution in [3.8, 4) is 0 Å². The molecular formula is C20H30N4O2S. The molecule has 0 N–H and O–H groups in total. The van der Waals surface area contributed by atoms with Crippen LogP contribution in [0.2, 0.25) is 0 Å². The Labute approximate surface area is 162 Å². The predicted octanol–water partition coefficient (Wildman–Crippen LogP) is 3.45. The lowest BCUT2D eigenvalue weighted by Gasteiger charge is -2.27. The van der Waals surface area contributed by atoms with Crippen molar-refractivity contribution in [1.82, 2.24) is 19.4 Å². The molecule has 0 aliphatic heterocycles. The van der Waals surface area contributed by atoms with Gasteiger partial charge in [-0.05, 0) is 44.9 Å². The van der Waals surface area contributed by atoms with Gasteiger partial charge >= 0.3 is 0 Å². The van der Waals surface area contributed by atoms with E-state index in [1.54, 1.807) is 12.4 Å². The Hall–Kier alpha value is -1.73. The summed E-state index contributed by atoms with van der Waals surface area (Å²) < 4.78 is 26.4. The molecule has 1 aliphatic rings. The molecule has 0 unspecified atom stereocenters. The fourth-order valence-electron chi connectivity index (χ4n) is 3.88. The van der Waals surface area contributed by atoms with Crippen molar-refractivity contribution in [3.63, 3.8) is 0 Å². The Kier molecular flexibility index (Phi) is 6.32. The quantitative estimate of drug-likeness (QED) is 0.724. The van der Waals surface area contributed by atoms with Crippen LogP contribution in [-0.4, -0.2) is 41.2 Å². The molecule has 2 aromatic heterocycles. The summed E-state index contributed by atoms with van der Waals surface area (Å²) in [6, 6.07) is 6.05. The minimum absolute atomic E-state index is 0.130. The summed E-state index contributed by atoms with van der Waals surface area (Å²) in [4.78, 5) is 10.9. The summed E-state index contributed by atoms with van der Waals surface area (Å²) in [7, 11) is -1.31. The highest BCUT2D eigenvalue weighted by molar-refractivity contribution is 7.90. The van der Waals surface area contributed by atoms with Crippen LogP contribution in [0, 0.1) is 5.92 Å². The van der Waals surface area contributed by atoms with Crippen molar-refractivity contribution in [2.24, 2.45) is 5.92 Å². The van der Waals surface area contributed by atoms with Gasteiger partial charge in [0.2, 0.25) is 15.0 Å². The minimum atomic E-state index is -3.35. The molecule has 0 spiro atoms. The molecule has 0 saturated heterocycles. The van der Waals surface area contributed by atoms with E-state index in [-0.39, 0.29) is 11.2 Å². The average Bonchev–Trinajstić information content (AvgIpc) is 3.05. The van der Waals surface area contributed by atoms with Gasteiger partial charge in [0.1, 0.15) is 0 Å². The maximum atomic E-state index is 12.2. The molecule has 2 aromatic rings. The van der Waals surface area contributed by atoms with Crippen molar-refractivity contribution in [1.29, 1.82) is 0 Å². The summed E-state index contributed by atoms with van der Waals surface area (Å²) in [5, 5.41) is 0.196. The normalized spacial score (nSPS) is 17.3. The molecule has 3 rings (SSSR count). The zero-order valence-electron chi connectivity index (χ0n) is 16.5. The highest BCUT2D eigenvalue weighted by Gasteiger charge is 2.24. The molecule has 148 valence electrons. The number of nitrogens with zero attached hydrogens (tertiary/aromatic N) is 4. The largest absolute Gasteiger partial charge is 0.317 e. The molecule has 0 amide bonds. The summed E-state index contributed by atoms with van der Waals surface area (Å²) in [6.07, 6.45) is 10.9. The second-order valence-corrected chi connectivity index (χ2v) is 9.67. The van der Waals surface area contributed by atoms with E-state index < -0.39 is 9.84 Å². The Bertz CT molecular complexity index is 842. The van der Waals surface area contributed by atoms with E-state index in [1.165, 1.54) is 38.4 Å². The number of aromatic nitrogens is 3. The first-order chi connectivity index (χ1) is 12.9. The van der Waals surface area contributed by atoms with Crippen molar-refractivity contribution >= 4 is 9.84 Å². The number of pyridine rings is 1. The standard InChI is InChI=1S/C20H30N4O2S/c1-16(19-11-7-8-12-21-19)23(2)15-18-13-22-20(27(3,25)26)24(18)14-17-9-5-4-6-10-17/h7-8,11-13,16-17H,4-6,9-10,14-15H2,1-3H3/t16-/m0/s1. The summed E-state index contributed by atoms with van der Waals surface area (Å²) in [6.45, 7) is 3.48. The highest BCUT2D eigenvalue weighted by atomic mass is 32.2. The molecular weight excluding hydrogens is 360 g/mol. The Morgan fingerprint density at radius 3 is 2.59 bits per heavy atom. The summed E-state index contributed by atoms with van der Waals surface area (Å²) in [5.41, 5.74) is 1.95. The molecule has 6 nitrogen and oxygen atoms in total. The lowest BCUT2D eigenvalue weighted by atomic mass is 9.89. The van der Waals surface area contributed by atoms with Crippen molar-refractivity contribution in [2.75, 3.05) is 13.3 Å². The van der Waals surface area contributed by atoms with Gasteiger partial charge in [0.15, 0.2) is 0 Å². The van der Waals surface area contributed by atoms with Crippen LogP contribution in [-0.2, 0) is 22.9 Å². The van der Waals surface area contributed by atoms with Gasteiger partial charge in [0.05, 0.1) is 17.6 Å². The first-order valence-electron chi connectivity index (χ1n) is 9.72. The van der Waals surface area contributed by atoms with Crippen LogP contribution in [0.5, 0.6) is 0 Å². The van der Waals surface area contributed by atoms with Crippen LogP contribution < -0.4 is 0 Å². The van der Waals surface area contributed by atoms with Crippen LogP contribution in [0.25, 0.3) is 0 Å². The fraction of sp³-hybridized carbons (Fsp3) is 0.600. The average molecular weight is 391 g/mol. The van der Waals surface area contributed by atoms with Crippen LogP contribution in [0.15, 0.2) is 35.7 Å². The van der Waals surface area contributed by atoms with E-state index in [4.69, 9.17) is 0 Å². The maximum absolute atomic E-state index is 12.2. The lowest BCUT2D eigenvalue weighted by molar-refractivity contribution is 0.235. The SMILES string of the molecule is C[C@@H](c1ccccn1)N(C)Cc1cnc(S(C)(=O)=O)n1CC1CCCCC1. The Morgan fingerprint density at radius 2 is 1.96 bits per heavy atom. The van der Waals surface area contributed by atoms with Crippen molar-refractivity contribution in [3.05, 3.63) is 42.0 Å². The third-order valence-electron chi connectivity index (χ3n) is 5.59. The van der Waals surface area contributed by atoms with Crippen LogP contribution in [0.3, 0.4) is 0 Å². The molecule has 0 bridgehead atoms. The monoisotopic (exact) mass is 390 g/mol. The fourth-order valence-corrected chi connectivity index (χ4v) is 4.71. The predicted molar refractivity (Wildman–Crippen MR) is 106 cm³/mol. The van der Waals surface area contributed by atoms with E-state index in [0.717, 1.165) is 17.9 Å². The van der Waals surface area contributed by atoms with E-state index in [0.29, 0.717) is 12.5 Å². The van der Waals surface area contributed by atoms with Crippen molar-refractivity contribution in [2.45, 2.75) is 63.3 Å².